The third-order valence-electron chi connectivity index (χ3n) is 8.08. The molecule has 3 fully saturated rings. The second-order valence-corrected chi connectivity index (χ2v) is 14.5. The van der Waals surface area contributed by atoms with Crippen LogP contribution in [-0.2, 0) is 16.2 Å². The Morgan fingerprint density at radius 1 is 1.05 bits per heavy atom. The Morgan fingerprint density at radius 2 is 1.70 bits per heavy atom. The maximum atomic E-state index is 13.0. The van der Waals surface area contributed by atoms with Crippen LogP contribution in [0.15, 0.2) is 22.2 Å². The number of aromatic nitrogens is 4. The van der Waals surface area contributed by atoms with Gasteiger partial charge in [0.2, 0.25) is 5.95 Å². The van der Waals surface area contributed by atoms with Crippen LogP contribution in [0.4, 0.5) is 31.2 Å². The number of hydrogen-bond acceptors (Lipinski definition) is 8. The second kappa shape index (κ2) is 7.50. The maximum absolute atomic E-state index is 13.0. The van der Waals surface area contributed by atoms with E-state index in [1.165, 1.54) is 0 Å². The molecule has 2 aromatic heterocycles. The molecule has 4 aliphatic rings. The third-order valence-corrected chi connectivity index (χ3v) is 10.8. The summed E-state index contributed by atoms with van der Waals surface area (Å²) in [6.07, 6.45) is 5.72. The highest BCUT2D eigenvalue weighted by Gasteiger charge is 2.66. The number of anilines is 2. The van der Waals surface area contributed by atoms with Gasteiger partial charge < -0.3 is 15.3 Å². The van der Waals surface area contributed by atoms with Crippen LogP contribution in [-0.4, -0.2) is 60.2 Å². The van der Waals surface area contributed by atoms with Gasteiger partial charge in [-0.05, 0) is 44.9 Å². The summed E-state index contributed by atoms with van der Waals surface area (Å²) in [5, 5.41) is 13.4. The Bertz CT molecular complexity index is 1270. The number of nitrogens with one attached hydrogen (secondary N) is 1. The molecule has 2 aromatic rings. The molecular weight excluding hydrogens is 539 g/mol. The highest BCUT2D eigenvalue weighted by Crippen LogP contribution is 3.01. The van der Waals surface area contributed by atoms with E-state index < -0.39 is 31.5 Å². The van der Waals surface area contributed by atoms with Crippen LogP contribution in [0.5, 0.6) is 0 Å². The zero-order valence-electron chi connectivity index (χ0n) is 19.8. The molecule has 37 heavy (non-hydrogen) atoms. The van der Waals surface area contributed by atoms with Gasteiger partial charge >= 0.3 is 10.2 Å². The quantitative estimate of drug-likeness (QED) is 0.482. The Balaban J connectivity index is 1.23. The van der Waals surface area contributed by atoms with Crippen molar-refractivity contribution >= 4 is 32.8 Å². The zero-order chi connectivity index (χ0) is 26.3. The predicted molar refractivity (Wildman–Crippen MR) is 129 cm³/mol. The highest BCUT2D eigenvalue weighted by atomic mass is 32.5. The van der Waals surface area contributed by atoms with E-state index >= 15 is 0 Å². The number of rotatable bonds is 6. The lowest BCUT2D eigenvalue weighted by molar-refractivity contribution is 0.143. The van der Waals surface area contributed by atoms with Gasteiger partial charge in [0.05, 0.1) is 41.0 Å². The van der Waals surface area contributed by atoms with Crippen molar-refractivity contribution in [3.05, 3.63) is 23.9 Å². The fourth-order valence-corrected chi connectivity index (χ4v) is 7.78. The minimum Gasteiger partial charge on any atom is -0.394 e. The molecule has 2 aliphatic carbocycles. The lowest BCUT2D eigenvalue weighted by atomic mass is 9.77. The molecular formula is C22H27F5N6O2S2. The molecule has 0 aromatic carbocycles. The fourth-order valence-electron chi connectivity index (χ4n) is 5.41. The number of halogens is 5. The van der Waals surface area contributed by atoms with Crippen LogP contribution >= 0.6 is 10.2 Å². The molecule has 0 radical (unpaired) electrons. The van der Waals surface area contributed by atoms with Gasteiger partial charge in [-0.3, -0.25) is 4.21 Å². The number of nitrogens with zero attached hydrogens (tertiary/aromatic N) is 5. The molecule has 6 rings (SSSR count). The minimum absolute atomic E-state index is 0.0505. The molecule has 8 nitrogen and oxygen atoms in total. The number of aliphatic hydroxyl groups is 1. The normalized spacial score (nSPS) is 26.2. The first-order valence-corrected chi connectivity index (χ1v) is 15.5. The average Bonchev–Trinajstić information content (AvgIpc) is 3.53. The fraction of sp³-hybridized carbons (Fsp3) is 0.636. The highest BCUT2D eigenvalue weighted by molar-refractivity contribution is 8.45. The van der Waals surface area contributed by atoms with Crippen molar-refractivity contribution in [2.24, 2.45) is 0 Å². The first-order valence-electron chi connectivity index (χ1n) is 12.2. The zero-order valence-corrected chi connectivity index (χ0v) is 21.4. The summed E-state index contributed by atoms with van der Waals surface area (Å²) >= 11 is 0. The van der Waals surface area contributed by atoms with Crippen LogP contribution in [0.25, 0.3) is 0 Å². The number of hydrogen-bond donors (Lipinski definition) is 2. The van der Waals surface area contributed by atoms with Gasteiger partial charge in [0.1, 0.15) is 21.4 Å². The topological polar surface area (TPSA) is 104 Å². The number of piperidine rings is 1. The van der Waals surface area contributed by atoms with Crippen molar-refractivity contribution in [3.63, 3.8) is 0 Å². The van der Waals surface area contributed by atoms with E-state index in [1.807, 2.05) is 4.90 Å². The van der Waals surface area contributed by atoms with Crippen molar-refractivity contribution in [3.8, 4) is 0 Å². The molecule has 0 amide bonds. The number of aliphatic hydroxyl groups excluding tert-OH is 1. The molecule has 0 bridgehead atoms. The lowest BCUT2D eigenvalue weighted by Gasteiger charge is -2.42. The van der Waals surface area contributed by atoms with Crippen molar-refractivity contribution in [2.75, 3.05) is 35.7 Å². The Hall–Kier alpha value is -2.13. The Morgan fingerprint density at radius 3 is 2.22 bits per heavy atom. The molecule has 2 aliphatic heterocycles. The van der Waals surface area contributed by atoms with E-state index in [0.717, 1.165) is 37.8 Å². The Labute approximate surface area is 212 Å². The SMILES string of the molecule is O=S1CC2(CC2)c2nc(N3CCC(c4ncc(S(F)(F)(F)(F)F)cn4)CC3)nc(NC3(CO)CCC3)c21. The molecule has 204 valence electrons. The van der Waals surface area contributed by atoms with Crippen LogP contribution < -0.4 is 10.2 Å². The summed E-state index contributed by atoms with van der Waals surface area (Å²) in [5.41, 5.74) is 0.147. The van der Waals surface area contributed by atoms with Gasteiger partial charge in [0, 0.05) is 30.2 Å². The molecule has 1 atom stereocenters. The standard InChI is InChI=1S/C22H27F5N6O2S2/c23-37(24,25,26,27)15-10-28-18(29-11-15)14-2-8-33(9-3-14)20-30-17-16(36(35)13-21(17)6-7-21)19(31-20)32-22(12-34)4-1-5-22/h10-11,14,34H,1-9,12-13H2,(H,30,31,32). The van der Waals surface area contributed by atoms with E-state index in [1.54, 1.807) is 0 Å². The molecule has 2 saturated carbocycles. The predicted octanol–water partition coefficient (Wildman–Crippen LogP) is 4.79. The first kappa shape index (κ1) is 25.2. The van der Waals surface area contributed by atoms with Crippen LogP contribution in [0.3, 0.4) is 0 Å². The molecule has 2 N–H and O–H groups in total. The minimum atomic E-state index is -9.81. The third kappa shape index (κ3) is 4.46. The lowest BCUT2D eigenvalue weighted by Crippen LogP contribution is -2.49. The van der Waals surface area contributed by atoms with Gasteiger partial charge in [0.15, 0.2) is 0 Å². The molecule has 1 unspecified atom stereocenters. The first-order chi connectivity index (χ1) is 17.2. The monoisotopic (exact) mass is 566 g/mol. The maximum Gasteiger partial charge on any atom is 0.313 e. The summed E-state index contributed by atoms with van der Waals surface area (Å²) in [6.45, 7) is 0.888. The summed E-state index contributed by atoms with van der Waals surface area (Å²) in [6, 6.07) is 0. The van der Waals surface area contributed by atoms with Crippen molar-refractivity contribution in [1.82, 2.24) is 19.9 Å². The van der Waals surface area contributed by atoms with Crippen LogP contribution in [0, 0.1) is 0 Å². The van der Waals surface area contributed by atoms with Gasteiger partial charge in [-0.1, -0.05) is 19.4 Å². The molecule has 4 heterocycles. The summed E-state index contributed by atoms with van der Waals surface area (Å²) < 4.78 is 77.9. The second-order valence-electron chi connectivity index (χ2n) is 10.7. The smallest absolute Gasteiger partial charge is 0.313 e. The summed E-state index contributed by atoms with van der Waals surface area (Å²) in [7, 11) is -11.0. The van der Waals surface area contributed by atoms with E-state index in [4.69, 9.17) is 9.97 Å². The van der Waals surface area contributed by atoms with Crippen molar-refractivity contribution in [1.29, 1.82) is 0 Å². The Kier molecular flexibility index (Phi) is 5.10. The average molecular weight is 567 g/mol. The van der Waals surface area contributed by atoms with Gasteiger partial charge in [0.25, 0.3) is 0 Å². The summed E-state index contributed by atoms with van der Waals surface area (Å²) in [4.78, 5) is 17.3. The molecule has 1 spiro atoms. The van der Waals surface area contributed by atoms with Gasteiger partial charge in [-0.15, -0.1) is 0 Å². The largest absolute Gasteiger partial charge is 0.394 e. The molecule has 15 heteroatoms. The van der Waals surface area contributed by atoms with Crippen LogP contribution in [0.2, 0.25) is 0 Å². The van der Waals surface area contributed by atoms with E-state index in [9.17, 15) is 28.7 Å². The van der Waals surface area contributed by atoms with Crippen molar-refractivity contribution in [2.45, 2.75) is 71.6 Å². The summed E-state index contributed by atoms with van der Waals surface area (Å²) in [5.74, 6) is 1.33. The van der Waals surface area contributed by atoms with Gasteiger partial charge in [-0.2, -0.15) is 4.98 Å². The van der Waals surface area contributed by atoms with Gasteiger partial charge in [-0.25, -0.2) is 15.0 Å². The molecule has 1 saturated heterocycles. The van der Waals surface area contributed by atoms with E-state index in [-0.39, 0.29) is 36.2 Å². The van der Waals surface area contributed by atoms with Crippen LogP contribution in [0.1, 0.15) is 62.4 Å². The van der Waals surface area contributed by atoms with E-state index in [0.29, 0.717) is 48.3 Å². The van der Waals surface area contributed by atoms with Crippen molar-refractivity contribution < 1.29 is 28.7 Å². The van der Waals surface area contributed by atoms with E-state index in [2.05, 4.69) is 15.3 Å². The number of fused-ring (bicyclic) bond motifs is 2.